The van der Waals surface area contributed by atoms with E-state index in [2.05, 4.69) is 27.0 Å². The minimum absolute atomic E-state index is 0.694. The number of rotatable bonds is 5. The second kappa shape index (κ2) is 7.67. The van der Waals surface area contributed by atoms with Crippen molar-refractivity contribution in [1.82, 2.24) is 15.1 Å². The third-order valence-electron chi connectivity index (χ3n) is 5.66. The largest absolute Gasteiger partial charge is 0.353 e. The molecule has 0 aromatic carbocycles. The fourth-order valence-electron chi connectivity index (χ4n) is 4.26. The second-order valence-electron chi connectivity index (χ2n) is 7.54. The van der Waals surface area contributed by atoms with Crippen LogP contribution in [0.3, 0.4) is 0 Å². The Bertz CT molecular complexity index is 375. The van der Waals surface area contributed by atoms with E-state index in [9.17, 15) is 0 Å². The van der Waals surface area contributed by atoms with Gasteiger partial charge in [-0.3, -0.25) is 4.99 Å². The number of hydrogen-bond acceptors (Lipinski definition) is 2. The van der Waals surface area contributed by atoms with Crippen LogP contribution in [0.2, 0.25) is 0 Å². The van der Waals surface area contributed by atoms with Crippen LogP contribution >= 0.6 is 0 Å². The molecule has 3 unspecified atom stereocenters. The first kappa shape index (κ1) is 16.1. The van der Waals surface area contributed by atoms with Crippen LogP contribution in [0.5, 0.6) is 0 Å². The van der Waals surface area contributed by atoms with Crippen molar-refractivity contribution >= 4 is 5.96 Å². The third kappa shape index (κ3) is 4.15. The van der Waals surface area contributed by atoms with Crippen molar-refractivity contribution in [3.05, 3.63) is 0 Å². The minimum Gasteiger partial charge on any atom is -0.353 e. The molecule has 22 heavy (non-hydrogen) atoms. The van der Waals surface area contributed by atoms with Gasteiger partial charge in [-0.25, -0.2) is 0 Å². The number of nitrogens with one attached hydrogen (secondary N) is 1. The van der Waals surface area contributed by atoms with Gasteiger partial charge in [-0.05, 0) is 57.0 Å². The fraction of sp³-hybridized carbons (Fsp3) is 0.944. The molecular formula is C18H34N4. The van der Waals surface area contributed by atoms with E-state index in [1.54, 1.807) is 0 Å². The molecule has 2 saturated heterocycles. The molecule has 0 aromatic heterocycles. The molecule has 2 aliphatic heterocycles. The van der Waals surface area contributed by atoms with Gasteiger partial charge in [0.05, 0.1) is 0 Å². The zero-order valence-corrected chi connectivity index (χ0v) is 14.6. The van der Waals surface area contributed by atoms with Crippen molar-refractivity contribution < 1.29 is 0 Å². The van der Waals surface area contributed by atoms with Crippen molar-refractivity contribution in [2.75, 3.05) is 39.8 Å². The van der Waals surface area contributed by atoms with Crippen molar-refractivity contribution in [1.29, 1.82) is 0 Å². The standard InChI is InChI=1S/C18H34N4/c1-3-7-16-12-17(16)20-18(19-2)22-11-8-15(14-22)13-21-9-5-4-6-10-21/h15-17H,3-14H2,1-2H3,(H,19,20). The summed E-state index contributed by atoms with van der Waals surface area (Å²) in [5, 5.41) is 3.70. The summed E-state index contributed by atoms with van der Waals surface area (Å²) in [6.07, 6.45) is 9.60. The number of aliphatic imine (C=N–C) groups is 1. The number of guanidine groups is 1. The first-order valence-corrected chi connectivity index (χ1v) is 9.50. The summed E-state index contributed by atoms with van der Waals surface area (Å²) in [6.45, 7) is 8.62. The molecule has 0 amide bonds. The van der Waals surface area contributed by atoms with E-state index in [1.807, 2.05) is 7.05 Å². The van der Waals surface area contributed by atoms with Gasteiger partial charge in [0.2, 0.25) is 0 Å². The van der Waals surface area contributed by atoms with E-state index >= 15 is 0 Å². The molecule has 2 heterocycles. The molecule has 1 saturated carbocycles. The van der Waals surface area contributed by atoms with Gasteiger partial charge in [0, 0.05) is 32.7 Å². The van der Waals surface area contributed by atoms with Gasteiger partial charge in [0.25, 0.3) is 0 Å². The Morgan fingerprint density at radius 2 is 2.00 bits per heavy atom. The molecule has 3 aliphatic rings. The quantitative estimate of drug-likeness (QED) is 0.625. The van der Waals surface area contributed by atoms with Crippen molar-refractivity contribution in [2.24, 2.45) is 16.8 Å². The lowest BCUT2D eigenvalue weighted by Gasteiger charge is -2.29. The first-order valence-electron chi connectivity index (χ1n) is 9.50. The summed E-state index contributed by atoms with van der Waals surface area (Å²) in [6, 6.07) is 0.694. The highest BCUT2D eigenvalue weighted by molar-refractivity contribution is 5.80. The van der Waals surface area contributed by atoms with Crippen molar-refractivity contribution in [2.45, 2.75) is 57.9 Å². The number of hydrogen-bond donors (Lipinski definition) is 1. The lowest BCUT2D eigenvalue weighted by molar-refractivity contribution is 0.198. The van der Waals surface area contributed by atoms with Gasteiger partial charge in [0.15, 0.2) is 5.96 Å². The van der Waals surface area contributed by atoms with Crippen LogP contribution < -0.4 is 5.32 Å². The highest BCUT2D eigenvalue weighted by atomic mass is 15.3. The van der Waals surface area contributed by atoms with Crippen molar-refractivity contribution in [3.8, 4) is 0 Å². The molecule has 0 aromatic rings. The summed E-state index contributed by atoms with van der Waals surface area (Å²) in [5.74, 6) is 2.89. The predicted octanol–water partition coefficient (Wildman–Crippen LogP) is 2.56. The maximum absolute atomic E-state index is 4.54. The summed E-state index contributed by atoms with van der Waals surface area (Å²) in [4.78, 5) is 9.73. The zero-order valence-electron chi connectivity index (χ0n) is 14.6. The third-order valence-corrected chi connectivity index (χ3v) is 5.66. The Morgan fingerprint density at radius 1 is 1.18 bits per heavy atom. The minimum atomic E-state index is 0.694. The summed E-state index contributed by atoms with van der Waals surface area (Å²) in [5.41, 5.74) is 0. The van der Waals surface area contributed by atoms with Crippen molar-refractivity contribution in [3.63, 3.8) is 0 Å². The maximum Gasteiger partial charge on any atom is 0.193 e. The predicted molar refractivity (Wildman–Crippen MR) is 93.3 cm³/mol. The highest BCUT2D eigenvalue weighted by Crippen LogP contribution is 2.34. The molecule has 3 rings (SSSR count). The SMILES string of the molecule is CCCC1CC1NC(=NC)N1CCC(CN2CCCCC2)C1. The number of piperidine rings is 1. The molecule has 1 aliphatic carbocycles. The van der Waals surface area contributed by atoms with Gasteiger partial charge in [-0.2, -0.15) is 0 Å². The summed E-state index contributed by atoms with van der Waals surface area (Å²) < 4.78 is 0. The Kier molecular flexibility index (Phi) is 5.61. The van der Waals surface area contributed by atoms with Gasteiger partial charge < -0.3 is 15.1 Å². The van der Waals surface area contributed by atoms with Gasteiger partial charge in [-0.1, -0.05) is 19.8 Å². The molecule has 3 fully saturated rings. The smallest absolute Gasteiger partial charge is 0.193 e. The van der Waals surface area contributed by atoms with E-state index in [0.717, 1.165) is 17.8 Å². The zero-order chi connectivity index (χ0) is 15.4. The van der Waals surface area contributed by atoms with Crippen LogP contribution in [-0.4, -0.2) is 61.6 Å². The van der Waals surface area contributed by atoms with E-state index < -0.39 is 0 Å². The Balaban J connectivity index is 1.42. The van der Waals surface area contributed by atoms with Crippen LogP contribution in [0.25, 0.3) is 0 Å². The van der Waals surface area contributed by atoms with E-state index in [1.165, 1.54) is 77.7 Å². The first-order chi connectivity index (χ1) is 10.8. The topological polar surface area (TPSA) is 30.9 Å². The molecule has 4 nitrogen and oxygen atoms in total. The summed E-state index contributed by atoms with van der Waals surface area (Å²) >= 11 is 0. The van der Waals surface area contributed by atoms with Crippen LogP contribution in [-0.2, 0) is 0 Å². The van der Waals surface area contributed by atoms with Gasteiger partial charge >= 0.3 is 0 Å². The highest BCUT2D eigenvalue weighted by Gasteiger charge is 2.38. The molecule has 0 radical (unpaired) electrons. The molecule has 0 bridgehead atoms. The molecule has 4 heteroatoms. The van der Waals surface area contributed by atoms with Crippen LogP contribution in [0.15, 0.2) is 4.99 Å². The van der Waals surface area contributed by atoms with Crippen LogP contribution in [0, 0.1) is 11.8 Å². The van der Waals surface area contributed by atoms with Gasteiger partial charge in [-0.15, -0.1) is 0 Å². The fourth-order valence-corrected chi connectivity index (χ4v) is 4.26. The maximum atomic E-state index is 4.54. The van der Waals surface area contributed by atoms with Crippen LogP contribution in [0.4, 0.5) is 0 Å². The molecular weight excluding hydrogens is 272 g/mol. The summed E-state index contributed by atoms with van der Waals surface area (Å²) in [7, 11) is 1.94. The lowest BCUT2D eigenvalue weighted by atomic mass is 10.1. The molecule has 0 spiro atoms. The average molecular weight is 306 g/mol. The Labute approximate surface area is 136 Å². The van der Waals surface area contributed by atoms with E-state index in [-0.39, 0.29) is 0 Å². The normalized spacial score (nSPS) is 33.3. The van der Waals surface area contributed by atoms with Crippen LogP contribution in [0.1, 0.15) is 51.9 Å². The number of nitrogens with zero attached hydrogens (tertiary/aromatic N) is 3. The molecule has 3 atom stereocenters. The second-order valence-corrected chi connectivity index (χ2v) is 7.54. The lowest BCUT2D eigenvalue weighted by Crippen LogP contribution is -2.42. The monoisotopic (exact) mass is 306 g/mol. The van der Waals surface area contributed by atoms with Gasteiger partial charge in [0.1, 0.15) is 0 Å². The van der Waals surface area contributed by atoms with E-state index in [0.29, 0.717) is 6.04 Å². The Hall–Kier alpha value is -0.770. The Morgan fingerprint density at radius 3 is 2.73 bits per heavy atom. The molecule has 1 N–H and O–H groups in total. The van der Waals surface area contributed by atoms with E-state index in [4.69, 9.17) is 0 Å². The molecule has 126 valence electrons. The number of likely N-dealkylation sites (tertiary alicyclic amines) is 2. The average Bonchev–Trinajstić information content (AvgIpc) is 3.10.